The van der Waals surface area contributed by atoms with E-state index in [2.05, 4.69) is 15.9 Å². The molecule has 2 N–H and O–H groups in total. The summed E-state index contributed by atoms with van der Waals surface area (Å²) in [4.78, 5) is 25.4. The second kappa shape index (κ2) is 11.8. The summed E-state index contributed by atoms with van der Waals surface area (Å²) in [6.07, 6.45) is -20.4. The third-order valence-corrected chi connectivity index (χ3v) is 7.13. The van der Waals surface area contributed by atoms with Gasteiger partial charge in [-0.05, 0) is 36.4 Å². The second-order valence-electron chi connectivity index (χ2n) is 9.35. The maximum absolute atomic E-state index is 15.7. The van der Waals surface area contributed by atoms with Gasteiger partial charge in [0.1, 0.15) is 0 Å². The van der Waals surface area contributed by atoms with Crippen LogP contribution >= 0.6 is 15.9 Å². The maximum atomic E-state index is 15.7. The fraction of sp³-hybridized carbons (Fsp3) is 0.222. The highest BCUT2D eigenvalue weighted by molar-refractivity contribution is 9.10. The molecule has 0 aliphatic carbocycles. The Kier molecular flexibility index (Phi) is 9.26. The van der Waals surface area contributed by atoms with Crippen molar-refractivity contribution in [2.75, 3.05) is 11.9 Å². The molecule has 0 fully saturated rings. The number of rotatable bonds is 6. The van der Waals surface area contributed by atoms with Crippen LogP contribution in [0.2, 0.25) is 0 Å². The smallest absolute Gasteiger partial charge is 0.366 e. The SMILES string of the molecule is CN(C(=O)c1cccc(C#N)c1)c1c(-c2c(Br)cc(C(F)(C(F)(F)F)C(F)(F)C(F)(F)F)cc2C(F)(F)F)ccc(C(N)=O)c1F. The van der Waals surface area contributed by atoms with Gasteiger partial charge in [0.2, 0.25) is 0 Å². The first-order valence-corrected chi connectivity index (χ1v) is 12.6. The molecule has 246 valence electrons. The monoisotopic (exact) mass is 737 g/mol. The van der Waals surface area contributed by atoms with Gasteiger partial charge in [-0.3, -0.25) is 9.59 Å². The third kappa shape index (κ3) is 5.97. The van der Waals surface area contributed by atoms with Crippen molar-refractivity contribution >= 4 is 33.4 Å². The maximum Gasteiger partial charge on any atom is 0.457 e. The molecule has 46 heavy (non-hydrogen) atoms. The van der Waals surface area contributed by atoms with E-state index in [1.165, 1.54) is 12.1 Å². The molecule has 0 spiro atoms. The number of hydrogen-bond donors (Lipinski definition) is 1. The van der Waals surface area contributed by atoms with E-state index in [0.29, 0.717) is 17.0 Å². The molecule has 0 aliphatic heterocycles. The first kappa shape index (κ1) is 36.1. The molecule has 0 radical (unpaired) electrons. The quantitative estimate of drug-likeness (QED) is 0.258. The lowest BCUT2D eigenvalue weighted by molar-refractivity contribution is -0.389. The van der Waals surface area contributed by atoms with Crippen LogP contribution in [0.15, 0.2) is 53.0 Å². The molecule has 2 amide bonds. The van der Waals surface area contributed by atoms with Crippen molar-refractivity contribution in [2.24, 2.45) is 5.73 Å². The molecule has 0 aromatic heterocycles. The van der Waals surface area contributed by atoms with Crippen LogP contribution in [0.5, 0.6) is 0 Å². The molecule has 1 unspecified atom stereocenters. The topological polar surface area (TPSA) is 87.2 Å². The Balaban J connectivity index is 2.49. The molecule has 0 aliphatic rings. The number of hydrogen-bond acceptors (Lipinski definition) is 3. The van der Waals surface area contributed by atoms with E-state index in [1.807, 2.05) is 0 Å². The lowest BCUT2D eigenvalue weighted by Crippen LogP contribution is -2.59. The number of carbonyl (C=O) groups is 2. The number of carbonyl (C=O) groups excluding carboxylic acids is 2. The molecule has 0 saturated heterocycles. The number of halogens is 14. The summed E-state index contributed by atoms with van der Waals surface area (Å²) in [7, 11) is 0.754. The highest BCUT2D eigenvalue weighted by Gasteiger charge is 2.82. The molecule has 3 rings (SSSR count). The predicted molar refractivity (Wildman–Crippen MR) is 137 cm³/mol. The van der Waals surface area contributed by atoms with E-state index in [0.717, 1.165) is 19.2 Å². The number of nitrogens with two attached hydrogens (primary N) is 1. The number of anilines is 1. The Morgan fingerprint density at radius 2 is 1.46 bits per heavy atom. The van der Waals surface area contributed by atoms with E-state index in [4.69, 9.17) is 11.0 Å². The van der Waals surface area contributed by atoms with Crippen LogP contribution in [-0.2, 0) is 11.8 Å². The number of primary amides is 1. The highest BCUT2D eigenvalue weighted by Crippen LogP contribution is 2.59. The van der Waals surface area contributed by atoms with Crippen LogP contribution in [0.25, 0.3) is 11.1 Å². The number of nitriles is 1. The van der Waals surface area contributed by atoms with Crippen molar-refractivity contribution in [2.45, 2.75) is 30.1 Å². The van der Waals surface area contributed by atoms with Crippen LogP contribution in [0.4, 0.5) is 62.8 Å². The first-order chi connectivity index (χ1) is 20.8. The summed E-state index contributed by atoms with van der Waals surface area (Å²) in [6, 6.07) is 5.75. The lowest BCUT2D eigenvalue weighted by Gasteiger charge is -2.36. The van der Waals surface area contributed by atoms with Crippen molar-refractivity contribution < 1.29 is 66.7 Å². The van der Waals surface area contributed by atoms with Gasteiger partial charge in [-0.25, -0.2) is 8.78 Å². The zero-order valence-electron chi connectivity index (χ0n) is 22.2. The summed E-state index contributed by atoms with van der Waals surface area (Å²) in [6.45, 7) is 0. The van der Waals surface area contributed by atoms with Gasteiger partial charge in [0.05, 0.1) is 28.4 Å². The molecule has 0 bridgehead atoms. The van der Waals surface area contributed by atoms with Gasteiger partial charge in [-0.2, -0.15) is 53.6 Å². The Morgan fingerprint density at radius 3 is 1.93 bits per heavy atom. The number of alkyl halides is 12. The zero-order valence-corrected chi connectivity index (χ0v) is 23.8. The average Bonchev–Trinajstić information content (AvgIpc) is 2.93. The van der Waals surface area contributed by atoms with Crippen molar-refractivity contribution in [3.8, 4) is 17.2 Å². The summed E-state index contributed by atoms with van der Waals surface area (Å²) in [5.74, 6) is -11.9. The molecule has 3 aromatic carbocycles. The molecule has 5 nitrogen and oxygen atoms in total. The average molecular weight is 738 g/mol. The van der Waals surface area contributed by atoms with Crippen molar-refractivity contribution in [1.29, 1.82) is 5.26 Å². The molecule has 0 heterocycles. The molecular weight excluding hydrogens is 725 g/mol. The van der Waals surface area contributed by atoms with Crippen LogP contribution in [-0.4, -0.2) is 37.1 Å². The fourth-order valence-corrected chi connectivity index (χ4v) is 5.00. The van der Waals surface area contributed by atoms with Crippen molar-refractivity contribution in [3.63, 3.8) is 0 Å². The molecule has 1 atom stereocenters. The van der Waals surface area contributed by atoms with Crippen LogP contribution < -0.4 is 10.6 Å². The van der Waals surface area contributed by atoms with E-state index in [1.54, 1.807) is 6.07 Å². The van der Waals surface area contributed by atoms with Crippen LogP contribution in [0.3, 0.4) is 0 Å². The Labute approximate surface area is 257 Å². The largest absolute Gasteiger partial charge is 0.457 e. The van der Waals surface area contributed by atoms with Crippen LogP contribution in [0.1, 0.15) is 37.4 Å². The third-order valence-electron chi connectivity index (χ3n) is 6.50. The van der Waals surface area contributed by atoms with E-state index in [-0.39, 0.29) is 11.1 Å². The Hall–Kier alpha value is -4.34. The normalized spacial score (nSPS) is 14.0. The first-order valence-electron chi connectivity index (χ1n) is 11.8. The minimum Gasteiger partial charge on any atom is -0.366 e. The molecule has 19 heteroatoms. The van der Waals surface area contributed by atoms with Crippen LogP contribution in [0, 0.1) is 17.1 Å². The zero-order chi connectivity index (χ0) is 35.4. The molecule has 0 saturated carbocycles. The van der Waals surface area contributed by atoms with Gasteiger partial charge in [0, 0.05) is 33.8 Å². The fourth-order valence-electron chi connectivity index (χ4n) is 4.32. The summed E-state index contributed by atoms with van der Waals surface area (Å²) >= 11 is 2.35. The Morgan fingerprint density at radius 1 is 0.870 bits per heavy atom. The van der Waals surface area contributed by atoms with E-state index in [9.17, 15) is 57.9 Å². The number of amides is 2. The summed E-state index contributed by atoms with van der Waals surface area (Å²) < 4.78 is 181. The van der Waals surface area contributed by atoms with Gasteiger partial charge >= 0.3 is 30.1 Å². The minimum atomic E-state index is -7.33. The minimum absolute atomic E-state index is 0.112. The van der Waals surface area contributed by atoms with Crippen molar-refractivity contribution in [3.05, 3.63) is 86.6 Å². The summed E-state index contributed by atoms with van der Waals surface area (Å²) in [5, 5.41) is 9.09. The van der Waals surface area contributed by atoms with Gasteiger partial charge in [-0.15, -0.1) is 0 Å². The highest BCUT2D eigenvalue weighted by atomic mass is 79.9. The second-order valence-corrected chi connectivity index (χ2v) is 10.2. The number of benzene rings is 3. The van der Waals surface area contributed by atoms with Crippen molar-refractivity contribution in [1.82, 2.24) is 0 Å². The van der Waals surface area contributed by atoms with E-state index >= 15 is 8.78 Å². The molecule has 3 aromatic rings. The summed E-state index contributed by atoms with van der Waals surface area (Å²) in [5.41, 5.74) is -12.3. The predicted octanol–water partition coefficient (Wildman–Crippen LogP) is 8.45. The van der Waals surface area contributed by atoms with E-state index < -0.39 is 97.9 Å². The standard InChI is InChI=1S/C27H13BrF13N3O2/c1-44(22(46)12-4-2-3-11(7-12)10-42)20-14(5-6-15(19(20)29)21(43)45)18-16(24(31,32)33)8-13(9-17(18)28)23(30,26(36,37)38)25(34,35)27(39,40)41/h2-9H,1H3,(H2,43,45). The lowest BCUT2D eigenvalue weighted by atomic mass is 9.84. The van der Waals surface area contributed by atoms with Gasteiger partial charge in [0.25, 0.3) is 11.8 Å². The van der Waals surface area contributed by atoms with Gasteiger partial charge in [-0.1, -0.05) is 28.1 Å². The van der Waals surface area contributed by atoms with Gasteiger partial charge in [0.15, 0.2) is 5.82 Å². The Bertz CT molecular complexity index is 1760. The molecular formula is C27H13BrF13N3O2. The number of nitrogens with zero attached hydrogens (tertiary/aromatic N) is 2. The van der Waals surface area contributed by atoms with Gasteiger partial charge < -0.3 is 10.6 Å².